The molecule has 0 unspecified atom stereocenters. The summed E-state index contributed by atoms with van der Waals surface area (Å²) in [5.74, 6) is 8.00. The molecule has 3 nitrogen and oxygen atoms in total. The van der Waals surface area contributed by atoms with Crippen molar-refractivity contribution >= 4 is 5.57 Å². The largest absolute Gasteiger partial charge is 0.274 e. The second-order valence-corrected chi connectivity index (χ2v) is 5.74. The molecule has 2 aromatic rings. The predicted octanol–water partition coefficient (Wildman–Crippen LogP) is 4.28. The number of allylic oxidation sites excluding steroid dienone is 4. The maximum atomic E-state index is 4.25. The Hall–Kier alpha value is -2.49. The first kappa shape index (κ1) is 19.6. The average Bonchev–Trinajstić information content (AvgIpc) is 2.60. The van der Waals surface area contributed by atoms with E-state index in [9.17, 15) is 0 Å². The number of pyridine rings is 1. The summed E-state index contributed by atoms with van der Waals surface area (Å²) in [5.41, 5.74) is 8.31. The Morgan fingerprint density at radius 2 is 1.71 bits per heavy atom. The van der Waals surface area contributed by atoms with Gasteiger partial charge in [-0.25, -0.2) is 0 Å². The van der Waals surface area contributed by atoms with Gasteiger partial charge in [-0.3, -0.25) is 16.7 Å². The average molecular weight is 321 g/mol. The lowest BCUT2D eigenvalue weighted by molar-refractivity contribution is 1.10. The Morgan fingerprint density at radius 3 is 2.25 bits per heavy atom. The fourth-order valence-electron chi connectivity index (χ4n) is 2.48. The first-order chi connectivity index (χ1) is 11.5. The minimum atomic E-state index is 0.876. The lowest BCUT2D eigenvalue weighted by Gasteiger charge is -2.13. The third kappa shape index (κ3) is 5.30. The van der Waals surface area contributed by atoms with E-state index in [-0.39, 0.29) is 0 Å². The summed E-state index contributed by atoms with van der Waals surface area (Å²) in [6, 6.07) is 10.4. The molecule has 4 N–H and O–H groups in total. The van der Waals surface area contributed by atoms with Crippen molar-refractivity contribution in [2.45, 2.75) is 27.2 Å². The SMILES string of the molecule is C=C(Cc1c(C)cccc1C)/C(C)=C/C(=C)c1cccnc1.NN. The van der Waals surface area contributed by atoms with Crippen LogP contribution in [0.5, 0.6) is 0 Å². The highest BCUT2D eigenvalue weighted by Crippen LogP contribution is 2.23. The van der Waals surface area contributed by atoms with E-state index in [2.05, 4.69) is 74.9 Å². The van der Waals surface area contributed by atoms with Crippen LogP contribution in [-0.4, -0.2) is 4.98 Å². The fourth-order valence-corrected chi connectivity index (χ4v) is 2.48. The molecule has 0 atom stereocenters. The highest BCUT2D eigenvalue weighted by molar-refractivity contribution is 5.73. The van der Waals surface area contributed by atoms with E-state index in [4.69, 9.17) is 0 Å². The zero-order valence-electron chi connectivity index (χ0n) is 14.8. The smallest absolute Gasteiger partial charge is 0.0346 e. The molecular formula is C21H27N3. The molecule has 0 aliphatic carbocycles. The zero-order chi connectivity index (χ0) is 18.1. The molecule has 1 heterocycles. The minimum absolute atomic E-state index is 0.876. The molecule has 0 saturated heterocycles. The van der Waals surface area contributed by atoms with Crippen LogP contribution in [0, 0.1) is 13.8 Å². The lowest BCUT2D eigenvalue weighted by atomic mass is 9.93. The van der Waals surface area contributed by atoms with Crippen molar-refractivity contribution in [3.05, 3.63) is 95.4 Å². The van der Waals surface area contributed by atoms with Crippen LogP contribution in [-0.2, 0) is 6.42 Å². The van der Waals surface area contributed by atoms with Crippen molar-refractivity contribution in [2.24, 2.45) is 11.7 Å². The summed E-state index contributed by atoms with van der Waals surface area (Å²) in [4.78, 5) is 4.14. The Kier molecular flexibility index (Phi) is 7.83. The maximum Gasteiger partial charge on any atom is 0.0346 e. The molecule has 24 heavy (non-hydrogen) atoms. The molecule has 0 amide bonds. The number of hydrogen-bond donors (Lipinski definition) is 2. The van der Waals surface area contributed by atoms with Gasteiger partial charge in [-0.1, -0.05) is 43.5 Å². The van der Waals surface area contributed by atoms with E-state index in [0.29, 0.717) is 0 Å². The Balaban J connectivity index is 0.00000139. The van der Waals surface area contributed by atoms with Crippen molar-refractivity contribution in [2.75, 3.05) is 0 Å². The van der Waals surface area contributed by atoms with Gasteiger partial charge >= 0.3 is 0 Å². The zero-order valence-corrected chi connectivity index (χ0v) is 14.8. The number of hydrogen-bond acceptors (Lipinski definition) is 3. The molecule has 1 aromatic carbocycles. The summed E-state index contributed by atoms with van der Waals surface area (Å²) in [6.45, 7) is 14.8. The van der Waals surface area contributed by atoms with Crippen molar-refractivity contribution in [1.82, 2.24) is 4.98 Å². The molecule has 2 rings (SSSR count). The highest BCUT2D eigenvalue weighted by Gasteiger charge is 2.06. The molecule has 0 saturated carbocycles. The van der Waals surface area contributed by atoms with Crippen LogP contribution in [0.2, 0.25) is 0 Å². The Labute approximate surface area is 145 Å². The highest BCUT2D eigenvalue weighted by atomic mass is 15.0. The van der Waals surface area contributed by atoms with Gasteiger partial charge in [0.1, 0.15) is 0 Å². The van der Waals surface area contributed by atoms with Crippen molar-refractivity contribution in [3.8, 4) is 0 Å². The van der Waals surface area contributed by atoms with Crippen LogP contribution in [0.4, 0.5) is 0 Å². The van der Waals surface area contributed by atoms with Gasteiger partial charge < -0.3 is 0 Å². The van der Waals surface area contributed by atoms with Gasteiger partial charge in [-0.05, 0) is 72.2 Å². The normalized spacial score (nSPS) is 10.6. The molecule has 126 valence electrons. The van der Waals surface area contributed by atoms with Crippen molar-refractivity contribution in [3.63, 3.8) is 0 Å². The first-order valence-electron chi connectivity index (χ1n) is 7.83. The number of rotatable bonds is 5. The predicted molar refractivity (Wildman–Crippen MR) is 104 cm³/mol. The van der Waals surface area contributed by atoms with Gasteiger partial charge in [0, 0.05) is 12.4 Å². The second kappa shape index (κ2) is 9.60. The molecular weight excluding hydrogens is 294 g/mol. The number of aromatic nitrogens is 1. The van der Waals surface area contributed by atoms with Crippen LogP contribution >= 0.6 is 0 Å². The summed E-state index contributed by atoms with van der Waals surface area (Å²) >= 11 is 0. The standard InChI is InChI=1S/C21H23N.H4N2/c1-15-8-6-9-16(2)21(15)13-18(4)17(3)12-19(5)20-10-7-11-22-14-20;1-2/h6-12,14H,4-5,13H2,1-3H3;1-2H2/b17-12+;. The van der Waals surface area contributed by atoms with Gasteiger partial charge in [-0.2, -0.15) is 0 Å². The number of nitrogens with two attached hydrogens (primary N) is 2. The van der Waals surface area contributed by atoms with E-state index in [1.807, 2.05) is 18.3 Å². The number of benzene rings is 1. The summed E-state index contributed by atoms with van der Waals surface area (Å²) in [6.07, 6.45) is 6.57. The number of hydrazine groups is 1. The van der Waals surface area contributed by atoms with Crippen LogP contribution < -0.4 is 11.7 Å². The van der Waals surface area contributed by atoms with Crippen LogP contribution in [0.3, 0.4) is 0 Å². The molecule has 0 spiro atoms. The molecule has 0 radical (unpaired) electrons. The van der Waals surface area contributed by atoms with E-state index in [1.54, 1.807) is 6.20 Å². The molecule has 0 aliphatic heterocycles. The molecule has 0 bridgehead atoms. The van der Waals surface area contributed by atoms with Gasteiger partial charge in [0.05, 0.1) is 0 Å². The van der Waals surface area contributed by atoms with Crippen LogP contribution in [0.25, 0.3) is 5.57 Å². The van der Waals surface area contributed by atoms with Gasteiger partial charge in [-0.15, -0.1) is 0 Å². The van der Waals surface area contributed by atoms with Crippen molar-refractivity contribution < 1.29 is 0 Å². The van der Waals surface area contributed by atoms with Crippen LogP contribution in [0.15, 0.2) is 73.1 Å². The minimum Gasteiger partial charge on any atom is -0.274 e. The number of nitrogens with zero attached hydrogens (tertiary/aromatic N) is 1. The Morgan fingerprint density at radius 1 is 1.08 bits per heavy atom. The fraction of sp³-hybridized carbons (Fsp3) is 0.190. The molecule has 1 aromatic heterocycles. The number of aryl methyl sites for hydroxylation is 2. The topological polar surface area (TPSA) is 64.9 Å². The Bertz CT molecular complexity index is 708. The molecule has 3 heteroatoms. The van der Waals surface area contributed by atoms with E-state index >= 15 is 0 Å². The first-order valence-corrected chi connectivity index (χ1v) is 7.83. The van der Waals surface area contributed by atoms with Gasteiger partial charge in [0.2, 0.25) is 0 Å². The lowest BCUT2D eigenvalue weighted by Crippen LogP contribution is -2.02. The maximum absolute atomic E-state index is 4.25. The van der Waals surface area contributed by atoms with E-state index < -0.39 is 0 Å². The second-order valence-electron chi connectivity index (χ2n) is 5.74. The molecule has 0 aliphatic rings. The van der Waals surface area contributed by atoms with E-state index in [1.165, 1.54) is 16.7 Å². The van der Waals surface area contributed by atoms with Crippen molar-refractivity contribution in [1.29, 1.82) is 0 Å². The third-order valence-electron chi connectivity index (χ3n) is 4.02. The van der Waals surface area contributed by atoms with Gasteiger partial charge in [0.25, 0.3) is 0 Å². The quantitative estimate of drug-likeness (QED) is 0.491. The monoisotopic (exact) mass is 321 g/mol. The summed E-state index contributed by atoms with van der Waals surface area (Å²) in [5, 5.41) is 0. The summed E-state index contributed by atoms with van der Waals surface area (Å²) in [7, 11) is 0. The molecule has 0 fully saturated rings. The van der Waals surface area contributed by atoms with Gasteiger partial charge in [0.15, 0.2) is 0 Å². The summed E-state index contributed by atoms with van der Waals surface area (Å²) < 4.78 is 0. The van der Waals surface area contributed by atoms with E-state index in [0.717, 1.165) is 28.7 Å². The third-order valence-corrected chi connectivity index (χ3v) is 4.02. The van der Waals surface area contributed by atoms with Crippen LogP contribution in [0.1, 0.15) is 29.2 Å².